The first-order valence-electron chi connectivity index (χ1n) is 4.04. The zero-order valence-electron chi connectivity index (χ0n) is 7.20. The van der Waals surface area contributed by atoms with Gasteiger partial charge in [-0.2, -0.15) is 0 Å². The molecule has 0 aliphatic carbocycles. The number of halogens is 1. The lowest BCUT2D eigenvalue weighted by Gasteiger charge is -2.13. The second-order valence-corrected chi connectivity index (χ2v) is 2.81. The van der Waals surface area contributed by atoms with Crippen molar-refractivity contribution in [3.05, 3.63) is 35.1 Å². The van der Waals surface area contributed by atoms with E-state index in [0.29, 0.717) is 5.56 Å². The van der Waals surface area contributed by atoms with Gasteiger partial charge >= 0.3 is 0 Å². The third-order valence-corrected chi connectivity index (χ3v) is 1.97. The summed E-state index contributed by atoms with van der Waals surface area (Å²) in [6.07, 6.45) is 0. The lowest BCUT2D eigenvalue weighted by molar-refractivity contribution is 0.273. The summed E-state index contributed by atoms with van der Waals surface area (Å²) in [5.74, 6) is -0.441. The number of nitrogens with two attached hydrogens (primary N) is 2. The number of benzene rings is 1. The Kier molecular flexibility index (Phi) is 3.36. The molecule has 4 heteroatoms. The van der Waals surface area contributed by atoms with Gasteiger partial charge in [0.05, 0.1) is 6.61 Å². The molecule has 0 amide bonds. The highest BCUT2D eigenvalue weighted by Gasteiger charge is 2.11. The fraction of sp³-hybridized carbons (Fsp3) is 0.333. The zero-order chi connectivity index (χ0) is 9.84. The molecular formula is C9H13FN2O. The SMILES string of the molecule is NC[C@@H](N)c1cccc(F)c1CO. The molecule has 0 saturated carbocycles. The average molecular weight is 184 g/mol. The van der Waals surface area contributed by atoms with E-state index in [-0.39, 0.29) is 18.7 Å². The number of aliphatic hydroxyl groups excluding tert-OH is 1. The van der Waals surface area contributed by atoms with Crippen LogP contribution in [0.5, 0.6) is 0 Å². The second kappa shape index (κ2) is 4.32. The molecule has 0 unspecified atom stereocenters. The van der Waals surface area contributed by atoms with Gasteiger partial charge in [-0.3, -0.25) is 0 Å². The summed E-state index contributed by atoms with van der Waals surface area (Å²) in [4.78, 5) is 0. The molecule has 13 heavy (non-hydrogen) atoms. The highest BCUT2D eigenvalue weighted by molar-refractivity contribution is 5.30. The molecule has 3 nitrogen and oxygen atoms in total. The van der Waals surface area contributed by atoms with Crippen molar-refractivity contribution >= 4 is 0 Å². The minimum atomic E-state index is -0.441. The number of aliphatic hydroxyl groups is 1. The van der Waals surface area contributed by atoms with Crippen LogP contribution in [0.2, 0.25) is 0 Å². The normalized spacial score (nSPS) is 12.9. The first-order chi connectivity index (χ1) is 6.20. The van der Waals surface area contributed by atoms with Crippen molar-refractivity contribution in [2.24, 2.45) is 11.5 Å². The third kappa shape index (κ3) is 2.03. The van der Waals surface area contributed by atoms with Crippen molar-refractivity contribution < 1.29 is 9.50 Å². The van der Waals surface area contributed by atoms with Crippen LogP contribution in [-0.4, -0.2) is 11.7 Å². The van der Waals surface area contributed by atoms with Crippen molar-refractivity contribution in [2.75, 3.05) is 6.54 Å². The molecule has 5 N–H and O–H groups in total. The van der Waals surface area contributed by atoms with Crippen LogP contribution >= 0.6 is 0 Å². The Morgan fingerprint density at radius 3 is 2.69 bits per heavy atom. The molecule has 1 aromatic rings. The van der Waals surface area contributed by atoms with Crippen LogP contribution in [0.4, 0.5) is 4.39 Å². The molecule has 0 saturated heterocycles. The van der Waals surface area contributed by atoms with E-state index in [9.17, 15) is 4.39 Å². The Bertz CT molecular complexity index is 291. The van der Waals surface area contributed by atoms with Gasteiger partial charge in [0.2, 0.25) is 0 Å². The van der Waals surface area contributed by atoms with Crippen LogP contribution in [0.25, 0.3) is 0 Å². The van der Waals surface area contributed by atoms with Gasteiger partial charge in [-0.1, -0.05) is 12.1 Å². The predicted molar refractivity (Wildman–Crippen MR) is 48.3 cm³/mol. The highest BCUT2D eigenvalue weighted by atomic mass is 19.1. The van der Waals surface area contributed by atoms with Gasteiger partial charge in [-0.05, 0) is 11.6 Å². The van der Waals surface area contributed by atoms with Crippen molar-refractivity contribution in [3.8, 4) is 0 Å². The van der Waals surface area contributed by atoms with Crippen LogP contribution in [0.15, 0.2) is 18.2 Å². The van der Waals surface area contributed by atoms with E-state index in [0.717, 1.165) is 0 Å². The van der Waals surface area contributed by atoms with E-state index < -0.39 is 11.9 Å². The quantitative estimate of drug-likeness (QED) is 0.631. The molecule has 0 heterocycles. The molecule has 72 valence electrons. The summed E-state index contributed by atoms with van der Waals surface area (Å²) in [6.45, 7) is -0.119. The molecule has 0 aliphatic heterocycles. The Hall–Kier alpha value is -0.970. The van der Waals surface area contributed by atoms with Crippen molar-refractivity contribution in [1.29, 1.82) is 0 Å². The predicted octanol–water partition coefficient (Wildman–Crippen LogP) is 0.277. The smallest absolute Gasteiger partial charge is 0.129 e. The van der Waals surface area contributed by atoms with Crippen molar-refractivity contribution in [1.82, 2.24) is 0 Å². The number of hydrogen-bond acceptors (Lipinski definition) is 3. The van der Waals surface area contributed by atoms with Gasteiger partial charge in [0.1, 0.15) is 5.82 Å². The maximum atomic E-state index is 13.1. The van der Waals surface area contributed by atoms with Gasteiger partial charge in [-0.15, -0.1) is 0 Å². The minimum absolute atomic E-state index is 0.233. The van der Waals surface area contributed by atoms with Gasteiger partial charge in [0.25, 0.3) is 0 Å². The zero-order valence-corrected chi connectivity index (χ0v) is 7.20. The lowest BCUT2D eigenvalue weighted by Crippen LogP contribution is -2.22. The first-order valence-corrected chi connectivity index (χ1v) is 4.04. The van der Waals surface area contributed by atoms with E-state index in [1.54, 1.807) is 12.1 Å². The fourth-order valence-corrected chi connectivity index (χ4v) is 1.22. The van der Waals surface area contributed by atoms with E-state index in [1.165, 1.54) is 6.07 Å². The van der Waals surface area contributed by atoms with Crippen molar-refractivity contribution in [3.63, 3.8) is 0 Å². The Balaban J connectivity index is 3.12. The maximum Gasteiger partial charge on any atom is 0.129 e. The summed E-state index contributed by atoms with van der Waals surface area (Å²) >= 11 is 0. The minimum Gasteiger partial charge on any atom is -0.392 e. The summed E-state index contributed by atoms with van der Waals surface area (Å²) < 4.78 is 13.1. The molecule has 0 fully saturated rings. The molecule has 0 aliphatic rings. The average Bonchev–Trinajstić information content (AvgIpc) is 2.16. The van der Waals surface area contributed by atoms with Crippen LogP contribution in [0, 0.1) is 5.82 Å². The molecule has 1 atom stereocenters. The molecule has 1 rings (SSSR count). The highest BCUT2D eigenvalue weighted by Crippen LogP contribution is 2.18. The summed E-state index contributed by atoms with van der Waals surface area (Å²) in [7, 11) is 0. The van der Waals surface area contributed by atoms with Crippen LogP contribution in [0.1, 0.15) is 17.2 Å². The topological polar surface area (TPSA) is 72.3 Å². The van der Waals surface area contributed by atoms with Gasteiger partial charge in [-0.25, -0.2) is 4.39 Å². The van der Waals surface area contributed by atoms with Crippen LogP contribution in [0.3, 0.4) is 0 Å². The lowest BCUT2D eigenvalue weighted by atomic mass is 10.0. The monoisotopic (exact) mass is 184 g/mol. The molecule has 0 bridgehead atoms. The summed E-state index contributed by atoms with van der Waals surface area (Å²) in [5.41, 5.74) is 11.8. The van der Waals surface area contributed by atoms with E-state index in [1.807, 2.05) is 0 Å². The molecule has 0 spiro atoms. The Labute approximate surface area is 76.2 Å². The fourth-order valence-electron chi connectivity index (χ4n) is 1.22. The molecular weight excluding hydrogens is 171 g/mol. The Morgan fingerprint density at radius 1 is 1.46 bits per heavy atom. The van der Waals surface area contributed by atoms with E-state index >= 15 is 0 Å². The number of rotatable bonds is 3. The summed E-state index contributed by atoms with van der Waals surface area (Å²) in [6, 6.07) is 4.10. The van der Waals surface area contributed by atoms with E-state index in [2.05, 4.69) is 0 Å². The molecule has 1 aromatic carbocycles. The Morgan fingerprint density at radius 2 is 2.15 bits per heavy atom. The second-order valence-electron chi connectivity index (χ2n) is 2.81. The molecule has 0 radical (unpaired) electrons. The number of hydrogen-bond donors (Lipinski definition) is 3. The van der Waals surface area contributed by atoms with E-state index in [4.69, 9.17) is 16.6 Å². The molecule has 0 aromatic heterocycles. The first kappa shape index (κ1) is 10.1. The van der Waals surface area contributed by atoms with Gasteiger partial charge in [0, 0.05) is 18.2 Å². The van der Waals surface area contributed by atoms with Crippen LogP contribution in [-0.2, 0) is 6.61 Å². The standard InChI is InChI=1S/C9H13FN2O/c10-8-3-1-2-6(7(8)5-13)9(12)4-11/h1-3,9,13H,4-5,11-12H2/t9-/m1/s1. The van der Waals surface area contributed by atoms with Crippen molar-refractivity contribution in [2.45, 2.75) is 12.6 Å². The summed E-state index contributed by atoms with van der Waals surface area (Å²) in [5, 5.41) is 8.91. The third-order valence-electron chi connectivity index (χ3n) is 1.97. The largest absolute Gasteiger partial charge is 0.392 e. The van der Waals surface area contributed by atoms with Gasteiger partial charge < -0.3 is 16.6 Å². The van der Waals surface area contributed by atoms with Crippen LogP contribution < -0.4 is 11.5 Å². The van der Waals surface area contributed by atoms with Gasteiger partial charge in [0.15, 0.2) is 0 Å². The maximum absolute atomic E-state index is 13.1.